The quantitative estimate of drug-likeness (QED) is 0.414. The van der Waals surface area contributed by atoms with Crippen LogP contribution >= 0.6 is 11.8 Å². The summed E-state index contributed by atoms with van der Waals surface area (Å²) in [6, 6.07) is 0.236. The smallest absolute Gasteiger partial charge is 0.325 e. The summed E-state index contributed by atoms with van der Waals surface area (Å²) < 4.78 is 4.91. The van der Waals surface area contributed by atoms with Gasteiger partial charge >= 0.3 is 5.97 Å². The van der Waals surface area contributed by atoms with Crippen molar-refractivity contribution in [2.24, 2.45) is 0 Å². The molecule has 0 saturated carbocycles. The van der Waals surface area contributed by atoms with Crippen LogP contribution in [0.2, 0.25) is 0 Å². The molecule has 0 amide bonds. The Kier molecular flexibility index (Phi) is 7.17. The summed E-state index contributed by atoms with van der Waals surface area (Å²) in [5.41, 5.74) is -0.616. The lowest BCUT2D eigenvalue weighted by molar-refractivity contribution is -0.148. The van der Waals surface area contributed by atoms with Gasteiger partial charge < -0.3 is 4.74 Å². The Balaban J connectivity index is 2.34. The number of methoxy groups -OCH3 is 1. The molecule has 1 atom stereocenters. The van der Waals surface area contributed by atoms with E-state index >= 15 is 0 Å². The second-order valence-corrected chi connectivity index (χ2v) is 6.69. The Morgan fingerprint density at radius 3 is 2.71 bits per heavy atom. The van der Waals surface area contributed by atoms with Crippen LogP contribution in [0.3, 0.4) is 0 Å². The second kappa shape index (κ2) is 8.38. The van der Waals surface area contributed by atoms with Gasteiger partial charge in [-0.1, -0.05) is 18.2 Å². The number of aromatic nitrogens is 3. The Morgan fingerprint density at radius 1 is 1.48 bits per heavy atom. The number of nitrogens with one attached hydrogen (secondary N) is 2. The van der Waals surface area contributed by atoms with Crippen LogP contribution in [0.5, 0.6) is 0 Å². The van der Waals surface area contributed by atoms with Crippen molar-refractivity contribution in [2.45, 2.75) is 63.7 Å². The average molecular weight is 314 g/mol. The number of H-pyrrole nitrogens is 1. The third-order valence-corrected chi connectivity index (χ3v) is 4.06. The number of hydrogen-bond acceptors (Lipinski definition) is 6. The molecule has 0 aromatic carbocycles. The van der Waals surface area contributed by atoms with E-state index in [-0.39, 0.29) is 12.0 Å². The molecule has 2 N–H and O–H groups in total. The molecule has 0 aliphatic heterocycles. The summed E-state index contributed by atoms with van der Waals surface area (Å²) in [4.78, 5) is 16.2. The molecule has 0 spiro atoms. The maximum atomic E-state index is 11.9. The third kappa shape index (κ3) is 6.05. The van der Waals surface area contributed by atoms with Crippen molar-refractivity contribution in [3.05, 3.63) is 5.82 Å². The fraction of sp³-hybridized carbons (Fsp3) is 0.786. The summed E-state index contributed by atoms with van der Waals surface area (Å²) in [5, 5.41) is 11.0. The molecular weight excluding hydrogens is 288 g/mol. The molecule has 1 aromatic rings. The molecule has 6 nitrogen and oxygen atoms in total. The van der Waals surface area contributed by atoms with Gasteiger partial charge in [-0.2, -0.15) is 0 Å². The zero-order valence-electron chi connectivity index (χ0n) is 13.5. The number of rotatable bonds is 9. The summed E-state index contributed by atoms with van der Waals surface area (Å²) in [6.07, 6.45) is 2.71. The first-order valence-electron chi connectivity index (χ1n) is 7.25. The normalized spacial score (nSPS) is 14.2. The van der Waals surface area contributed by atoms with E-state index in [4.69, 9.17) is 4.74 Å². The topological polar surface area (TPSA) is 79.9 Å². The molecule has 0 aliphatic carbocycles. The molecular formula is C14H26N4O2S. The minimum Gasteiger partial charge on any atom is -0.468 e. The van der Waals surface area contributed by atoms with Gasteiger partial charge in [0, 0.05) is 11.8 Å². The van der Waals surface area contributed by atoms with Gasteiger partial charge in [-0.15, -0.1) is 5.10 Å². The number of aryl methyl sites for hydroxylation is 1. The Bertz CT molecular complexity index is 450. The van der Waals surface area contributed by atoms with Crippen LogP contribution in [-0.4, -0.2) is 45.6 Å². The molecule has 1 rings (SSSR count). The fourth-order valence-electron chi connectivity index (χ4n) is 2.23. The van der Waals surface area contributed by atoms with Crippen LogP contribution in [0.4, 0.5) is 0 Å². The number of ether oxygens (including phenoxy) is 1. The van der Waals surface area contributed by atoms with E-state index in [1.807, 2.05) is 27.7 Å². The van der Waals surface area contributed by atoms with Gasteiger partial charge in [-0.25, -0.2) is 4.98 Å². The van der Waals surface area contributed by atoms with Gasteiger partial charge in [-0.05, 0) is 40.5 Å². The van der Waals surface area contributed by atoms with Crippen LogP contribution in [0.15, 0.2) is 5.16 Å². The molecule has 7 heteroatoms. The standard InChI is InChI=1S/C14H26N4O2S/c1-10(2)16-14(4,12(19)20-5)8-6-7-9-21-13-15-11(3)17-18-13/h10,16H,6-9H2,1-5H3,(H,15,17,18). The van der Waals surface area contributed by atoms with E-state index in [2.05, 4.69) is 20.5 Å². The van der Waals surface area contributed by atoms with Gasteiger partial charge in [0.1, 0.15) is 11.4 Å². The van der Waals surface area contributed by atoms with Crippen molar-refractivity contribution in [1.29, 1.82) is 0 Å². The highest BCUT2D eigenvalue weighted by molar-refractivity contribution is 7.99. The van der Waals surface area contributed by atoms with Gasteiger partial charge in [-0.3, -0.25) is 15.2 Å². The number of hydrogen-bond donors (Lipinski definition) is 2. The maximum absolute atomic E-state index is 11.9. The van der Waals surface area contributed by atoms with Crippen molar-refractivity contribution in [1.82, 2.24) is 20.5 Å². The predicted molar refractivity (Wildman–Crippen MR) is 84.4 cm³/mol. The monoisotopic (exact) mass is 314 g/mol. The molecule has 1 unspecified atom stereocenters. The number of carbonyl (C=O) groups excluding carboxylic acids is 1. The van der Waals surface area contributed by atoms with E-state index in [0.29, 0.717) is 0 Å². The van der Waals surface area contributed by atoms with Crippen molar-refractivity contribution in [3.63, 3.8) is 0 Å². The minimum absolute atomic E-state index is 0.201. The van der Waals surface area contributed by atoms with E-state index in [1.165, 1.54) is 7.11 Å². The Morgan fingerprint density at radius 2 is 2.19 bits per heavy atom. The Hall–Kier alpha value is -1.08. The predicted octanol–water partition coefficient (Wildman–Crippen LogP) is 2.31. The van der Waals surface area contributed by atoms with E-state index in [9.17, 15) is 4.79 Å². The van der Waals surface area contributed by atoms with E-state index in [0.717, 1.165) is 36.0 Å². The molecule has 0 fully saturated rings. The van der Waals surface area contributed by atoms with Crippen LogP contribution in [0.1, 0.15) is 45.9 Å². The van der Waals surface area contributed by atoms with Crippen molar-refractivity contribution in [3.8, 4) is 0 Å². The highest BCUT2D eigenvalue weighted by Gasteiger charge is 2.33. The number of carbonyl (C=O) groups is 1. The SMILES string of the molecule is COC(=O)C(C)(CCCCSc1n[nH]c(C)n1)NC(C)C. The zero-order valence-corrected chi connectivity index (χ0v) is 14.3. The molecule has 0 radical (unpaired) electrons. The summed E-state index contributed by atoms with van der Waals surface area (Å²) >= 11 is 1.63. The largest absolute Gasteiger partial charge is 0.468 e. The average Bonchev–Trinajstić information content (AvgIpc) is 2.82. The van der Waals surface area contributed by atoms with Crippen LogP contribution in [0.25, 0.3) is 0 Å². The van der Waals surface area contributed by atoms with Gasteiger partial charge in [0.25, 0.3) is 0 Å². The van der Waals surface area contributed by atoms with Gasteiger partial charge in [0.15, 0.2) is 0 Å². The zero-order chi connectivity index (χ0) is 15.9. The molecule has 0 bridgehead atoms. The molecule has 1 heterocycles. The van der Waals surface area contributed by atoms with Crippen LogP contribution < -0.4 is 5.32 Å². The fourth-order valence-corrected chi connectivity index (χ4v) is 3.07. The Labute approximate surface area is 130 Å². The number of aromatic amines is 1. The van der Waals surface area contributed by atoms with Crippen molar-refractivity contribution < 1.29 is 9.53 Å². The molecule has 1 aromatic heterocycles. The number of esters is 1. The number of unbranched alkanes of at least 4 members (excludes halogenated alkanes) is 1. The highest BCUT2D eigenvalue weighted by Crippen LogP contribution is 2.20. The third-order valence-electron chi connectivity index (χ3n) is 3.12. The van der Waals surface area contributed by atoms with E-state index < -0.39 is 5.54 Å². The van der Waals surface area contributed by atoms with Crippen molar-refractivity contribution in [2.75, 3.05) is 12.9 Å². The van der Waals surface area contributed by atoms with Crippen LogP contribution in [-0.2, 0) is 9.53 Å². The molecule has 120 valence electrons. The summed E-state index contributed by atoms with van der Waals surface area (Å²) in [7, 11) is 1.43. The highest BCUT2D eigenvalue weighted by atomic mass is 32.2. The summed E-state index contributed by atoms with van der Waals surface area (Å²) in [5.74, 6) is 1.57. The van der Waals surface area contributed by atoms with Gasteiger partial charge in [0.2, 0.25) is 5.16 Å². The molecule has 0 aliphatic rings. The van der Waals surface area contributed by atoms with Gasteiger partial charge in [0.05, 0.1) is 7.11 Å². The molecule has 21 heavy (non-hydrogen) atoms. The summed E-state index contributed by atoms with van der Waals surface area (Å²) in [6.45, 7) is 7.85. The lowest BCUT2D eigenvalue weighted by atomic mass is 9.94. The first-order chi connectivity index (χ1) is 9.87. The lowest BCUT2D eigenvalue weighted by Gasteiger charge is -2.30. The lowest BCUT2D eigenvalue weighted by Crippen LogP contribution is -2.52. The first-order valence-corrected chi connectivity index (χ1v) is 8.24. The first kappa shape index (κ1) is 18.0. The number of thioether (sulfide) groups is 1. The van der Waals surface area contributed by atoms with Crippen LogP contribution in [0, 0.1) is 6.92 Å². The number of nitrogens with zero attached hydrogens (tertiary/aromatic N) is 2. The molecule has 0 saturated heterocycles. The maximum Gasteiger partial charge on any atom is 0.325 e. The van der Waals surface area contributed by atoms with Crippen molar-refractivity contribution >= 4 is 17.7 Å². The second-order valence-electron chi connectivity index (χ2n) is 5.63. The minimum atomic E-state index is -0.616. The van der Waals surface area contributed by atoms with E-state index in [1.54, 1.807) is 11.8 Å².